The van der Waals surface area contributed by atoms with E-state index in [9.17, 15) is 20.3 Å². The van der Waals surface area contributed by atoms with Gasteiger partial charge in [0.15, 0.2) is 5.75 Å². The first-order valence-electron chi connectivity index (χ1n) is 5.57. The van der Waals surface area contributed by atoms with Crippen LogP contribution in [0, 0.1) is 10.1 Å². The van der Waals surface area contributed by atoms with E-state index in [1.165, 1.54) is 24.3 Å². The predicted molar refractivity (Wildman–Crippen MR) is 61.5 cm³/mol. The van der Waals surface area contributed by atoms with Crippen LogP contribution in [0.4, 0.5) is 5.69 Å². The van der Waals surface area contributed by atoms with Gasteiger partial charge in [-0.2, -0.15) is 0 Å². The normalized spacial score (nSPS) is 30.3. The molecule has 8 heteroatoms. The van der Waals surface area contributed by atoms with E-state index in [4.69, 9.17) is 14.6 Å². The molecule has 104 valence electrons. The van der Waals surface area contributed by atoms with Crippen LogP contribution in [0.1, 0.15) is 0 Å². The van der Waals surface area contributed by atoms with Crippen molar-refractivity contribution >= 4 is 5.69 Å². The monoisotopic (exact) mass is 271 g/mol. The lowest BCUT2D eigenvalue weighted by atomic mass is 10.1. The molecular weight excluding hydrogens is 258 g/mol. The molecule has 1 unspecified atom stereocenters. The van der Waals surface area contributed by atoms with Crippen LogP contribution in [0.3, 0.4) is 0 Å². The highest BCUT2D eigenvalue weighted by Crippen LogP contribution is 2.30. The molecule has 2 rings (SSSR count). The maximum Gasteiger partial charge on any atom is 0.311 e. The Morgan fingerprint density at radius 2 is 2.00 bits per heavy atom. The van der Waals surface area contributed by atoms with Crippen molar-refractivity contribution in [3.8, 4) is 5.75 Å². The molecule has 3 N–H and O–H groups in total. The van der Waals surface area contributed by atoms with Crippen molar-refractivity contribution in [3.63, 3.8) is 0 Å². The second-order valence-electron chi connectivity index (χ2n) is 4.05. The lowest BCUT2D eigenvalue weighted by molar-refractivity contribution is -0.386. The fourth-order valence-electron chi connectivity index (χ4n) is 1.80. The van der Waals surface area contributed by atoms with Crippen molar-refractivity contribution in [2.75, 3.05) is 6.61 Å². The number of nitro groups is 1. The second kappa shape index (κ2) is 5.49. The van der Waals surface area contributed by atoms with Crippen LogP contribution < -0.4 is 4.74 Å². The van der Waals surface area contributed by atoms with Crippen molar-refractivity contribution in [3.05, 3.63) is 34.4 Å². The lowest BCUT2D eigenvalue weighted by Gasteiger charge is -2.16. The van der Waals surface area contributed by atoms with E-state index in [0.717, 1.165) is 0 Å². The zero-order valence-electron chi connectivity index (χ0n) is 9.75. The Bertz CT molecular complexity index is 466. The molecule has 1 aliphatic heterocycles. The summed E-state index contributed by atoms with van der Waals surface area (Å²) in [7, 11) is 0. The maximum atomic E-state index is 10.8. The molecule has 8 nitrogen and oxygen atoms in total. The number of aliphatic hydroxyl groups excluding tert-OH is 3. The van der Waals surface area contributed by atoms with Gasteiger partial charge in [0.1, 0.15) is 18.3 Å². The summed E-state index contributed by atoms with van der Waals surface area (Å²) < 4.78 is 10.3. The van der Waals surface area contributed by atoms with E-state index in [1.54, 1.807) is 0 Å². The highest BCUT2D eigenvalue weighted by molar-refractivity contribution is 5.45. The third-order valence-electron chi connectivity index (χ3n) is 2.80. The van der Waals surface area contributed by atoms with Crippen LogP contribution in [0.25, 0.3) is 0 Å². The van der Waals surface area contributed by atoms with Crippen molar-refractivity contribution in [2.24, 2.45) is 0 Å². The fraction of sp³-hybridized carbons (Fsp3) is 0.455. The Kier molecular flexibility index (Phi) is 3.96. The van der Waals surface area contributed by atoms with E-state index in [-0.39, 0.29) is 11.4 Å². The van der Waals surface area contributed by atoms with Crippen LogP contribution in [0.15, 0.2) is 24.3 Å². The number of hydrogen-bond donors (Lipinski definition) is 3. The van der Waals surface area contributed by atoms with Gasteiger partial charge in [-0.25, -0.2) is 0 Å². The molecule has 0 saturated carbocycles. The minimum Gasteiger partial charge on any atom is -0.455 e. The maximum absolute atomic E-state index is 10.8. The molecule has 1 heterocycles. The van der Waals surface area contributed by atoms with E-state index >= 15 is 0 Å². The molecule has 1 aliphatic rings. The molecular formula is C11H13NO7. The summed E-state index contributed by atoms with van der Waals surface area (Å²) in [6.45, 7) is -0.491. The average Bonchev–Trinajstić information content (AvgIpc) is 2.67. The smallest absolute Gasteiger partial charge is 0.311 e. The number of hydrogen-bond acceptors (Lipinski definition) is 7. The molecule has 4 atom stereocenters. The minimum absolute atomic E-state index is 0.0812. The van der Waals surface area contributed by atoms with Gasteiger partial charge in [0.25, 0.3) is 0 Å². The zero-order chi connectivity index (χ0) is 14.0. The van der Waals surface area contributed by atoms with Gasteiger partial charge in [-0.1, -0.05) is 12.1 Å². The first-order valence-corrected chi connectivity index (χ1v) is 5.57. The molecule has 1 fully saturated rings. The van der Waals surface area contributed by atoms with Crippen LogP contribution in [-0.2, 0) is 4.74 Å². The first-order chi connectivity index (χ1) is 9.04. The van der Waals surface area contributed by atoms with Crippen molar-refractivity contribution < 1.29 is 29.7 Å². The quantitative estimate of drug-likeness (QED) is 0.494. The Hall–Kier alpha value is -1.74. The summed E-state index contributed by atoms with van der Waals surface area (Å²) in [4.78, 5) is 10.2. The minimum atomic E-state index is -1.39. The number of rotatable bonds is 4. The average molecular weight is 271 g/mol. The third-order valence-corrected chi connectivity index (χ3v) is 2.80. The van der Waals surface area contributed by atoms with Gasteiger partial charge >= 0.3 is 5.69 Å². The standard InChI is InChI=1S/C11H13NO7/c13-5-8-9(14)10(15)11(19-8)18-7-4-2-1-3-6(7)12(16)17/h1-4,8-11,13-15H,5H2/t8-,9-,10-,11?/m1/s1. The largest absolute Gasteiger partial charge is 0.455 e. The summed E-state index contributed by atoms with van der Waals surface area (Å²) in [5, 5.41) is 38.9. The fourth-order valence-corrected chi connectivity index (χ4v) is 1.80. The Morgan fingerprint density at radius 1 is 1.32 bits per heavy atom. The second-order valence-corrected chi connectivity index (χ2v) is 4.05. The molecule has 0 spiro atoms. The highest BCUT2D eigenvalue weighted by Gasteiger charge is 2.44. The van der Waals surface area contributed by atoms with Gasteiger partial charge in [0, 0.05) is 6.07 Å². The zero-order valence-corrected chi connectivity index (χ0v) is 9.75. The van der Waals surface area contributed by atoms with Crippen LogP contribution in [-0.4, -0.2) is 51.5 Å². The number of aliphatic hydroxyl groups is 3. The Morgan fingerprint density at radius 3 is 2.58 bits per heavy atom. The molecule has 0 radical (unpaired) electrons. The number of nitro benzene ring substituents is 1. The van der Waals surface area contributed by atoms with Crippen LogP contribution in [0.2, 0.25) is 0 Å². The molecule has 1 aromatic carbocycles. The van der Waals surface area contributed by atoms with Crippen molar-refractivity contribution in [1.29, 1.82) is 0 Å². The number of para-hydroxylation sites is 2. The molecule has 0 aliphatic carbocycles. The number of benzene rings is 1. The van der Waals surface area contributed by atoms with Gasteiger partial charge in [-0.15, -0.1) is 0 Å². The van der Waals surface area contributed by atoms with Crippen LogP contribution in [0.5, 0.6) is 5.75 Å². The molecule has 0 amide bonds. The molecule has 0 aromatic heterocycles. The van der Waals surface area contributed by atoms with Gasteiger partial charge < -0.3 is 24.8 Å². The van der Waals surface area contributed by atoms with E-state index in [0.29, 0.717) is 0 Å². The molecule has 1 aromatic rings. The molecule has 19 heavy (non-hydrogen) atoms. The lowest BCUT2D eigenvalue weighted by Crippen LogP contribution is -2.35. The third kappa shape index (κ3) is 2.66. The Balaban J connectivity index is 2.16. The number of ether oxygens (including phenoxy) is 2. The van der Waals surface area contributed by atoms with E-state index < -0.39 is 36.1 Å². The summed E-state index contributed by atoms with van der Waals surface area (Å²) in [6, 6.07) is 5.61. The van der Waals surface area contributed by atoms with Gasteiger partial charge in [0.05, 0.1) is 11.5 Å². The van der Waals surface area contributed by atoms with E-state index in [1.807, 2.05) is 0 Å². The summed E-state index contributed by atoms with van der Waals surface area (Å²) in [5.41, 5.74) is -0.278. The first kappa shape index (κ1) is 13.7. The van der Waals surface area contributed by atoms with Crippen LogP contribution >= 0.6 is 0 Å². The summed E-state index contributed by atoms with van der Waals surface area (Å²) in [5.74, 6) is -0.0812. The molecule has 0 bridgehead atoms. The predicted octanol–water partition coefficient (Wildman–Crippen LogP) is -0.587. The Labute approximate surface area is 108 Å². The summed E-state index contributed by atoms with van der Waals surface area (Å²) >= 11 is 0. The van der Waals surface area contributed by atoms with Crippen molar-refractivity contribution in [1.82, 2.24) is 0 Å². The highest BCUT2D eigenvalue weighted by atomic mass is 16.7. The SMILES string of the molecule is O=[N+]([O-])c1ccccc1OC1O[C@H](CO)[C@@H](O)[C@H]1O. The van der Waals surface area contributed by atoms with Crippen molar-refractivity contribution in [2.45, 2.75) is 24.6 Å². The summed E-state index contributed by atoms with van der Waals surface area (Å²) in [6.07, 6.45) is -4.95. The van der Waals surface area contributed by atoms with E-state index in [2.05, 4.69) is 0 Å². The van der Waals surface area contributed by atoms with Gasteiger partial charge in [-0.05, 0) is 6.07 Å². The molecule has 1 saturated heterocycles. The topological polar surface area (TPSA) is 122 Å². The van der Waals surface area contributed by atoms with Gasteiger partial charge in [-0.3, -0.25) is 10.1 Å². The number of nitrogens with zero attached hydrogens (tertiary/aromatic N) is 1. The van der Waals surface area contributed by atoms with Gasteiger partial charge in [0.2, 0.25) is 6.29 Å².